The molecule has 0 bridgehead atoms. The molecule has 21 heavy (non-hydrogen) atoms. The maximum absolute atomic E-state index is 10.9. The van der Waals surface area contributed by atoms with Crippen LogP contribution in [0.4, 0.5) is 17.3 Å². The molecule has 1 aromatic heterocycles. The van der Waals surface area contributed by atoms with Crippen molar-refractivity contribution in [3.05, 3.63) is 57.6 Å². The van der Waals surface area contributed by atoms with Crippen LogP contribution in [0.15, 0.2) is 36.4 Å². The third-order valence-corrected chi connectivity index (χ3v) is 2.81. The van der Waals surface area contributed by atoms with Gasteiger partial charge in [-0.1, -0.05) is 12.1 Å². The number of rotatable bonds is 5. The first-order valence-corrected chi connectivity index (χ1v) is 6.19. The molecule has 0 saturated heterocycles. The van der Waals surface area contributed by atoms with Crippen LogP contribution in [0, 0.1) is 21.4 Å². The van der Waals surface area contributed by atoms with Crippen LogP contribution < -0.4 is 10.6 Å². The highest BCUT2D eigenvalue weighted by atomic mass is 16.6. The third kappa shape index (κ3) is 3.67. The summed E-state index contributed by atoms with van der Waals surface area (Å²) in [6, 6.07) is 11.9. The highest BCUT2D eigenvalue weighted by Crippen LogP contribution is 2.20. The summed E-state index contributed by atoms with van der Waals surface area (Å²) in [4.78, 5) is 14.6. The molecule has 7 heteroatoms. The molecule has 2 rings (SSSR count). The van der Waals surface area contributed by atoms with E-state index in [-0.39, 0.29) is 5.69 Å². The van der Waals surface area contributed by atoms with Gasteiger partial charge in [0.05, 0.1) is 28.7 Å². The second kappa shape index (κ2) is 6.34. The average molecular weight is 283 g/mol. The lowest BCUT2D eigenvalue weighted by Crippen LogP contribution is -2.04. The number of aromatic nitrogens is 1. The molecule has 0 fully saturated rings. The van der Waals surface area contributed by atoms with Crippen LogP contribution in [0.5, 0.6) is 0 Å². The smallest absolute Gasteiger partial charge is 0.276 e. The molecule has 1 heterocycles. The molecule has 0 saturated carbocycles. The van der Waals surface area contributed by atoms with Gasteiger partial charge in [0.25, 0.3) is 5.69 Å². The summed E-state index contributed by atoms with van der Waals surface area (Å²) in [7, 11) is 1.65. The number of nitrogens with one attached hydrogen (secondary N) is 2. The summed E-state index contributed by atoms with van der Waals surface area (Å²) in [5.74, 6) is 0.813. The van der Waals surface area contributed by atoms with Gasteiger partial charge in [-0.05, 0) is 17.7 Å². The summed E-state index contributed by atoms with van der Waals surface area (Å²) in [6.45, 7) is 0.423. The average Bonchev–Trinajstić information content (AvgIpc) is 2.52. The Labute approximate surface area is 121 Å². The van der Waals surface area contributed by atoms with Gasteiger partial charge in [-0.25, -0.2) is 4.98 Å². The summed E-state index contributed by atoms with van der Waals surface area (Å²) >= 11 is 0. The lowest BCUT2D eigenvalue weighted by molar-refractivity contribution is -0.384. The van der Waals surface area contributed by atoms with E-state index < -0.39 is 4.92 Å². The van der Waals surface area contributed by atoms with E-state index in [1.807, 2.05) is 6.07 Å². The maximum Gasteiger partial charge on any atom is 0.276 e. The van der Waals surface area contributed by atoms with Crippen LogP contribution in [0.2, 0.25) is 0 Å². The molecular formula is C14H13N5O2. The van der Waals surface area contributed by atoms with E-state index in [1.165, 1.54) is 12.1 Å². The number of nitriles is 1. The Morgan fingerprint density at radius 2 is 2.10 bits per heavy atom. The minimum absolute atomic E-state index is 0.0392. The van der Waals surface area contributed by atoms with Crippen molar-refractivity contribution in [2.45, 2.75) is 6.54 Å². The van der Waals surface area contributed by atoms with E-state index in [4.69, 9.17) is 5.26 Å². The Balaban J connectivity index is 2.17. The molecular weight excluding hydrogens is 270 g/mol. The van der Waals surface area contributed by atoms with Crippen LogP contribution in [0.3, 0.4) is 0 Å². The zero-order valence-electron chi connectivity index (χ0n) is 11.3. The van der Waals surface area contributed by atoms with E-state index in [1.54, 1.807) is 25.2 Å². The van der Waals surface area contributed by atoms with Crippen molar-refractivity contribution in [1.29, 1.82) is 5.26 Å². The zero-order chi connectivity index (χ0) is 15.2. The number of nitro groups is 1. The fourth-order valence-corrected chi connectivity index (χ4v) is 1.78. The number of pyridine rings is 1. The molecule has 0 radical (unpaired) electrons. The van der Waals surface area contributed by atoms with Crippen molar-refractivity contribution in [1.82, 2.24) is 4.98 Å². The van der Waals surface area contributed by atoms with Crippen LogP contribution in [-0.2, 0) is 6.54 Å². The number of hydrogen-bond donors (Lipinski definition) is 2. The van der Waals surface area contributed by atoms with Crippen molar-refractivity contribution < 1.29 is 4.92 Å². The van der Waals surface area contributed by atoms with Gasteiger partial charge in [-0.15, -0.1) is 0 Å². The van der Waals surface area contributed by atoms with Crippen molar-refractivity contribution in [3.8, 4) is 6.07 Å². The second-order valence-electron chi connectivity index (χ2n) is 4.27. The Morgan fingerprint density at radius 1 is 1.33 bits per heavy atom. The molecule has 0 spiro atoms. The maximum atomic E-state index is 10.9. The number of anilines is 2. The van der Waals surface area contributed by atoms with E-state index >= 15 is 0 Å². The monoisotopic (exact) mass is 283 g/mol. The molecule has 2 N–H and O–H groups in total. The van der Waals surface area contributed by atoms with Crippen LogP contribution >= 0.6 is 0 Å². The SMILES string of the molecule is CNc1cc([N+](=O)[O-])cc(NCc2cccc(C#N)c2)n1. The summed E-state index contributed by atoms with van der Waals surface area (Å²) < 4.78 is 0. The first-order valence-electron chi connectivity index (χ1n) is 6.19. The molecule has 7 nitrogen and oxygen atoms in total. The summed E-state index contributed by atoms with van der Waals surface area (Å²) in [5.41, 5.74) is 1.42. The molecule has 0 aliphatic heterocycles. The Bertz CT molecular complexity index is 709. The molecule has 1 aromatic carbocycles. The van der Waals surface area contributed by atoms with E-state index in [0.29, 0.717) is 23.7 Å². The van der Waals surface area contributed by atoms with Crippen molar-refractivity contribution in [3.63, 3.8) is 0 Å². The number of nitrogens with zero attached hydrogens (tertiary/aromatic N) is 3. The standard InChI is InChI=1S/C14H13N5O2/c1-16-13-6-12(19(20)21)7-14(18-13)17-9-11-4-2-3-10(5-11)8-15/h2-7H,9H2,1H3,(H2,16,17,18). The second-order valence-corrected chi connectivity index (χ2v) is 4.27. The van der Waals surface area contributed by atoms with Crippen molar-refractivity contribution in [2.75, 3.05) is 17.7 Å². The van der Waals surface area contributed by atoms with E-state index in [2.05, 4.69) is 21.7 Å². The first kappa shape index (κ1) is 14.3. The van der Waals surface area contributed by atoms with Gasteiger partial charge in [-0.3, -0.25) is 10.1 Å². The predicted octanol–water partition coefficient (Wildman–Crippen LogP) is 2.52. The molecule has 0 atom stereocenters. The molecule has 106 valence electrons. The Morgan fingerprint density at radius 3 is 2.76 bits per heavy atom. The zero-order valence-corrected chi connectivity index (χ0v) is 11.3. The van der Waals surface area contributed by atoms with Gasteiger partial charge in [0, 0.05) is 13.6 Å². The van der Waals surface area contributed by atoms with E-state index in [0.717, 1.165) is 5.56 Å². The van der Waals surface area contributed by atoms with Gasteiger partial charge in [0.1, 0.15) is 11.6 Å². The normalized spacial score (nSPS) is 9.71. The predicted molar refractivity (Wildman–Crippen MR) is 78.9 cm³/mol. The molecule has 0 amide bonds. The van der Waals surface area contributed by atoms with Crippen LogP contribution in [0.1, 0.15) is 11.1 Å². The quantitative estimate of drug-likeness (QED) is 0.645. The highest BCUT2D eigenvalue weighted by Gasteiger charge is 2.10. The number of hydrogen-bond acceptors (Lipinski definition) is 6. The van der Waals surface area contributed by atoms with Gasteiger partial charge in [0.15, 0.2) is 0 Å². The van der Waals surface area contributed by atoms with E-state index in [9.17, 15) is 10.1 Å². The highest BCUT2D eigenvalue weighted by molar-refractivity contribution is 5.54. The van der Waals surface area contributed by atoms with Gasteiger partial charge in [-0.2, -0.15) is 5.26 Å². The molecule has 0 aliphatic carbocycles. The third-order valence-electron chi connectivity index (χ3n) is 2.81. The Hall–Kier alpha value is -3.14. The van der Waals surface area contributed by atoms with Gasteiger partial charge >= 0.3 is 0 Å². The summed E-state index contributed by atoms with van der Waals surface area (Å²) in [6.07, 6.45) is 0. The van der Waals surface area contributed by atoms with Gasteiger partial charge in [0.2, 0.25) is 0 Å². The molecule has 0 unspecified atom stereocenters. The first-order chi connectivity index (χ1) is 10.1. The fraction of sp³-hybridized carbons (Fsp3) is 0.143. The number of benzene rings is 1. The lowest BCUT2D eigenvalue weighted by Gasteiger charge is -2.08. The summed E-state index contributed by atoms with van der Waals surface area (Å²) in [5, 5.41) is 25.5. The molecule has 2 aromatic rings. The minimum Gasteiger partial charge on any atom is -0.373 e. The topological polar surface area (TPSA) is 104 Å². The van der Waals surface area contributed by atoms with Crippen molar-refractivity contribution >= 4 is 17.3 Å². The van der Waals surface area contributed by atoms with Crippen LogP contribution in [-0.4, -0.2) is 17.0 Å². The van der Waals surface area contributed by atoms with Crippen LogP contribution in [0.25, 0.3) is 0 Å². The van der Waals surface area contributed by atoms with Crippen molar-refractivity contribution in [2.24, 2.45) is 0 Å². The lowest BCUT2D eigenvalue weighted by atomic mass is 10.1. The van der Waals surface area contributed by atoms with Gasteiger partial charge < -0.3 is 10.6 Å². The molecule has 0 aliphatic rings. The fourth-order valence-electron chi connectivity index (χ4n) is 1.78. The Kier molecular flexibility index (Phi) is 4.31. The minimum atomic E-state index is -0.468. The largest absolute Gasteiger partial charge is 0.373 e.